The molecule has 14 heavy (non-hydrogen) atoms. The number of aromatic nitrogens is 2. The third-order valence-electron chi connectivity index (χ3n) is 1.47. The van der Waals surface area contributed by atoms with Gasteiger partial charge in [0.2, 0.25) is 0 Å². The Bertz CT molecular complexity index is 557. The molecule has 0 saturated carbocycles. The van der Waals surface area contributed by atoms with E-state index in [2.05, 4.69) is 5.10 Å². The lowest BCUT2D eigenvalue weighted by molar-refractivity contribution is 0.541. The minimum atomic E-state index is -5.06. The van der Waals surface area contributed by atoms with E-state index >= 15 is 0 Å². The number of nitrogens with zero attached hydrogens (tertiary/aromatic N) is 2. The maximum Gasteiger partial charge on any atom is 0.336 e. The van der Waals surface area contributed by atoms with Crippen LogP contribution < -0.4 is 0 Å². The first-order chi connectivity index (χ1) is 6.14. The van der Waals surface area contributed by atoms with E-state index in [0.717, 1.165) is 10.9 Å². The van der Waals surface area contributed by atoms with Crippen LogP contribution in [0.3, 0.4) is 0 Å². The molecule has 0 aliphatic rings. The van der Waals surface area contributed by atoms with E-state index < -0.39 is 30.0 Å². The summed E-state index contributed by atoms with van der Waals surface area (Å²) in [4.78, 5) is -0.928. The zero-order chi connectivity index (χ0) is 11.1. The van der Waals surface area contributed by atoms with E-state index in [0.29, 0.717) is 6.20 Å². The van der Waals surface area contributed by atoms with Crippen molar-refractivity contribution in [3.63, 3.8) is 0 Å². The first-order valence-corrected chi connectivity index (χ1v) is 6.58. The fourth-order valence-electron chi connectivity index (χ4n) is 0.996. The SMILES string of the molecule is Cn1ncc(S(=O)(=O)F)c1S(C)(=O)=O. The van der Waals surface area contributed by atoms with Crippen LogP contribution in [-0.2, 0) is 27.1 Å². The number of aryl methyl sites for hydroxylation is 1. The van der Waals surface area contributed by atoms with Crippen molar-refractivity contribution < 1.29 is 20.7 Å². The van der Waals surface area contributed by atoms with E-state index in [-0.39, 0.29) is 0 Å². The predicted octanol–water partition coefficient (Wildman–Crippen LogP) is -0.518. The van der Waals surface area contributed by atoms with Crippen LogP contribution in [0.2, 0.25) is 0 Å². The molecule has 0 fully saturated rings. The van der Waals surface area contributed by atoms with Gasteiger partial charge in [-0.1, -0.05) is 0 Å². The van der Waals surface area contributed by atoms with Crippen molar-refractivity contribution in [3.8, 4) is 0 Å². The Kier molecular flexibility index (Phi) is 2.40. The molecule has 0 aliphatic carbocycles. The highest BCUT2D eigenvalue weighted by atomic mass is 32.3. The van der Waals surface area contributed by atoms with Gasteiger partial charge in [-0.15, -0.1) is 3.89 Å². The molecule has 0 unspecified atom stereocenters. The van der Waals surface area contributed by atoms with Crippen LogP contribution in [0.1, 0.15) is 0 Å². The van der Waals surface area contributed by atoms with E-state index in [9.17, 15) is 20.7 Å². The summed E-state index contributed by atoms with van der Waals surface area (Å²) >= 11 is 0. The summed E-state index contributed by atoms with van der Waals surface area (Å²) in [5.74, 6) is 0. The third kappa shape index (κ3) is 1.93. The Morgan fingerprint density at radius 2 is 1.86 bits per heavy atom. The Hall–Kier alpha value is -0.960. The summed E-state index contributed by atoms with van der Waals surface area (Å²) in [6.45, 7) is 0. The van der Waals surface area contributed by atoms with E-state index in [1.54, 1.807) is 0 Å². The lowest BCUT2D eigenvalue weighted by atomic mass is 10.7. The molecule has 0 radical (unpaired) electrons. The predicted molar refractivity (Wildman–Crippen MR) is 44.6 cm³/mol. The Labute approximate surface area is 80.5 Å². The molecule has 80 valence electrons. The smallest absolute Gasteiger partial charge is 0.256 e. The molecule has 0 N–H and O–H groups in total. The molecule has 0 aromatic carbocycles. The van der Waals surface area contributed by atoms with Crippen LogP contribution >= 0.6 is 0 Å². The maximum atomic E-state index is 12.6. The van der Waals surface area contributed by atoms with Gasteiger partial charge in [-0.05, 0) is 0 Å². The topological polar surface area (TPSA) is 86.1 Å². The highest BCUT2D eigenvalue weighted by molar-refractivity contribution is 7.92. The van der Waals surface area contributed by atoms with Crippen LogP contribution in [0.25, 0.3) is 0 Å². The van der Waals surface area contributed by atoms with Gasteiger partial charge < -0.3 is 0 Å². The van der Waals surface area contributed by atoms with E-state index in [1.165, 1.54) is 7.05 Å². The Morgan fingerprint density at radius 1 is 1.36 bits per heavy atom. The number of rotatable bonds is 2. The molecular formula is C5H7FN2O4S2. The summed E-state index contributed by atoms with van der Waals surface area (Å²) < 4.78 is 56.6. The van der Waals surface area contributed by atoms with Gasteiger partial charge in [-0.3, -0.25) is 4.68 Å². The second kappa shape index (κ2) is 3.02. The third-order valence-corrected chi connectivity index (χ3v) is 3.61. The summed E-state index contributed by atoms with van der Waals surface area (Å²) in [5.41, 5.74) is 0. The zero-order valence-electron chi connectivity index (χ0n) is 7.30. The lowest BCUT2D eigenvalue weighted by Crippen LogP contribution is -2.09. The first kappa shape index (κ1) is 11.1. The molecule has 0 atom stereocenters. The summed E-state index contributed by atoms with van der Waals surface area (Å²) in [5, 5.41) is 2.72. The minimum Gasteiger partial charge on any atom is -0.256 e. The fourth-order valence-corrected chi connectivity index (χ4v) is 3.21. The van der Waals surface area contributed by atoms with Gasteiger partial charge >= 0.3 is 10.2 Å². The quantitative estimate of drug-likeness (QED) is 0.651. The summed E-state index contributed by atoms with van der Waals surface area (Å²) in [7, 11) is -7.67. The van der Waals surface area contributed by atoms with Gasteiger partial charge in [0.1, 0.15) is 0 Å². The summed E-state index contributed by atoms with van der Waals surface area (Å²) in [6, 6.07) is 0. The van der Waals surface area contributed by atoms with Crippen molar-refractivity contribution in [2.75, 3.05) is 6.26 Å². The molecule has 6 nitrogen and oxygen atoms in total. The largest absolute Gasteiger partial charge is 0.336 e. The molecule has 1 heterocycles. The highest BCUT2D eigenvalue weighted by Gasteiger charge is 2.27. The van der Waals surface area contributed by atoms with Crippen molar-refractivity contribution in [1.29, 1.82) is 0 Å². The molecule has 9 heteroatoms. The van der Waals surface area contributed by atoms with Gasteiger partial charge in [0.25, 0.3) is 0 Å². The van der Waals surface area contributed by atoms with Crippen molar-refractivity contribution in [2.45, 2.75) is 9.92 Å². The number of hydrogen-bond donors (Lipinski definition) is 0. The highest BCUT2D eigenvalue weighted by Crippen LogP contribution is 2.21. The second-order valence-corrected chi connectivity index (χ2v) is 5.89. The fraction of sp³-hybridized carbons (Fsp3) is 0.400. The van der Waals surface area contributed by atoms with Crippen LogP contribution in [0.4, 0.5) is 3.89 Å². The Balaban J connectivity index is 3.68. The average molecular weight is 242 g/mol. The van der Waals surface area contributed by atoms with Crippen LogP contribution in [0, 0.1) is 0 Å². The van der Waals surface area contributed by atoms with Crippen LogP contribution in [0.5, 0.6) is 0 Å². The van der Waals surface area contributed by atoms with E-state index in [1.807, 2.05) is 0 Å². The van der Waals surface area contributed by atoms with Gasteiger partial charge in [0.05, 0.1) is 6.20 Å². The van der Waals surface area contributed by atoms with Crippen molar-refractivity contribution >= 4 is 20.1 Å². The maximum absolute atomic E-state index is 12.6. The standard InChI is InChI=1S/C5H7FN2O4S2/c1-8-5(13(2,9)10)4(3-7-8)14(6,11)12/h3H,1-2H3. The van der Waals surface area contributed by atoms with Gasteiger partial charge in [0.15, 0.2) is 19.8 Å². The van der Waals surface area contributed by atoms with Gasteiger partial charge in [-0.25, -0.2) is 8.42 Å². The van der Waals surface area contributed by atoms with Crippen LogP contribution in [0.15, 0.2) is 16.1 Å². The number of hydrogen-bond acceptors (Lipinski definition) is 5. The molecule has 0 aliphatic heterocycles. The van der Waals surface area contributed by atoms with Gasteiger partial charge in [-0.2, -0.15) is 13.5 Å². The molecule has 0 amide bonds. The molecule has 1 aromatic rings. The van der Waals surface area contributed by atoms with E-state index in [4.69, 9.17) is 0 Å². The van der Waals surface area contributed by atoms with Gasteiger partial charge in [0, 0.05) is 13.3 Å². The summed E-state index contributed by atoms with van der Waals surface area (Å²) in [6.07, 6.45) is 1.43. The van der Waals surface area contributed by atoms with Crippen molar-refractivity contribution in [3.05, 3.63) is 6.20 Å². The minimum absolute atomic E-state index is 0.653. The molecule has 1 rings (SSSR count). The zero-order valence-corrected chi connectivity index (χ0v) is 8.93. The monoisotopic (exact) mass is 242 g/mol. The molecular weight excluding hydrogens is 235 g/mol. The van der Waals surface area contributed by atoms with Crippen molar-refractivity contribution in [1.82, 2.24) is 9.78 Å². The average Bonchev–Trinajstić information content (AvgIpc) is 2.27. The first-order valence-electron chi connectivity index (χ1n) is 3.31. The number of sulfone groups is 1. The van der Waals surface area contributed by atoms with Crippen LogP contribution in [-0.4, -0.2) is 32.9 Å². The molecule has 1 aromatic heterocycles. The van der Waals surface area contributed by atoms with Crippen molar-refractivity contribution in [2.24, 2.45) is 7.05 Å². The molecule has 0 spiro atoms. The normalized spacial score (nSPS) is 13.1. The molecule has 0 bridgehead atoms. The lowest BCUT2D eigenvalue weighted by Gasteiger charge is -1.99. The Morgan fingerprint density at radius 3 is 2.14 bits per heavy atom. The number of halogens is 1. The second-order valence-electron chi connectivity index (χ2n) is 2.65. The molecule has 0 saturated heterocycles.